The van der Waals surface area contributed by atoms with Crippen molar-refractivity contribution in [2.45, 2.75) is 0 Å². The molecule has 0 N–H and O–H groups in total. The van der Waals surface area contributed by atoms with Crippen LogP contribution < -0.4 is 0 Å². The lowest BCUT2D eigenvalue weighted by Gasteiger charge is -2.08. The summed E-state index contributed by atoms with van der Waals surface area (Å²) in [6.07, 6.45) is 4.39. The topological polar surface area (TPSA) is 0 Å². The Morgan fingerprint density at radius 1 is 0.429 bits per heavy atom. The van der Waals surface area contributed by atoms with Crippen molar-refractivity contribution in [3.8, 4) is 11.1 Å². The lowest BCUT2D eigenvalue weighted by Crippen LogP contribution is -1.82. The molecule has 0 aliphatic rings. The predicted octanol–water partition coefficient (Wildman–Crippen LogP) is 7.83. The zero-order valence-corrected chi connectivity index (χ0v) is 15.5. The molecular formula is C28H20. The van der Waals surface area contributed by atoms with Gasteiger partial charge in [-0.15, -0.1) is 0 Å². The Balaban J connectivity index is 1.54. The SMILES string of the molecule is C(=Cc1ccc2cccc(-c3ccccc3)c2c1)c1ccc2ccccc2c1. The Labute approximate surface area is 165 Å². The molecule has 0 aliphatic carbocycles. The standard InChI is InChI=1S/C28H20/c1-2-8-24(9-3-1)27-12-6-11-25-18-16-22(20-28(25)27)14-13-21-15-17-23-7-4-5-10-26(23)19-21/h1-20H. The van der Waals surface area contributed by atoms with Gasteiger partial charge in [-0.2, -0.15) is 0 Å². The van der Waals surface area contributed by atoms with Crippen LogP contribution in [0.5, 0.6) is 0 Å². The first-order valence-corrected chi connectivity index (χ1v) is 9.62. The van der Waals surface area contributed by atoms with E-state index in [-0.39, 0.29) is 0 Å². The van der Waals surface area contributed by atoms with Gasteiger partial charge in [-0.05, 0) is 55.9 Å². The minimum absolute atomic E-state index is 1.21. The van der Waals surface area contributed by atoms with Gasteiger partial charge in [0.2, 0.25) is 0 Å². The Morgan fingerprint density at radius 2 is 1.07 bits per heavy atom. The van der Waals surface area contributed by atoms with E-state index in [1.165, 1.54) is 43.8 Å². The second kappa shape index (κ2) is 7.17. The molecule has 0 radical (unpaired) electrons. The van der Waals surface area contributed by atoms with Crippen LogP contribution >= 0.6 is 0 Å². The van der Waals surface area contributed by atoms with Gasteiger partial charge >= 0.3 is 0 Å². The van der Waals surface area contributed by atoms with Crippen LogP contribution in [0.15, 0.2) is 109 Å². The van der Waals surface area contributed by atoms with Crippen LogP contribution in [-0.2, 0) is 0 Å². The molecule has 0 saturated heterocycles. The molecule has 28 heavy (non-hydrogen) atoms. The fraction of sp³-hybridized carbons (Fsp3) is 0. The van der Waals surface area contributed by atoms with E-state index in [4.69, 9.17) is 0 Å². The molecule has 5 rings (SSSR count). The molecule has 0 amide bonds. The van der Waals surface area contributed by atoms with Crippen molar-refractivity contribution in [3.63, 3.8) is 0 Å². The van der Waals surface area contributed by atoms with Crippen molar-refractivity contribution in [1.82, 2.24) is 0 Å². The van der Waals surface area contributed by atoms with E-state index in [0.29, 0.717) is 0 Å². The van der Waals surface area contributed by atoms with Gasteiger partial charge in [-0.1, -0.05) is 109 Å². The van der Waals surface area contributed by atoms with Crippen LogP contribution in [0.3, 0.4) is 0 Å². The second-order valence-electron chi connectivity index (χ2n) is 7.09. The normalized spacial score (nSPS) is 11.4. The minimum atomic E-state index is 1.21. The molecule has 0 atom stereocenters. The van der Waals surface area contributed by atoms with Gasteiger partial charge in [0.1, 0.15) is 0 Å². The van der Waals surface area contributed by atoms with Gasteiger partial charge < -0.3 is 0 Å². The molecule has 0 fully saturated rings. The fourth-order valence-electron chi connectivity index (χ4n) is 3.77. The maximum Gasteiger partial charge on any atom is -0.00995 e. The third kappa shape index (κ3) is 3.21. The highest BCUT2D eigenvalue weighted by molar-refractivity contribution is 5.98. The van der Waals surface area contributed by atoms with Gasteiger partial charge in [0.25, 0.3) is 0 Å². The summed E-state index contributed by atoms with van der Waals surface area (Å²) in [5, 5.41) is 5.10. The highest BCUT2D eigenvalue weighted by Crippen LogP contribution is 2.29. The van der Waals surface area contributed by atoms with Crippen LogP contribution in [0.2, 0.25) is 0 Å². The van der Waals surface area contributed by atoms with Crippen molar-refractivity contribution in [2.24, 2.45) is 0 Å². The number of hydrogen-bond donors (Lipinski definition) is 0. The number of rotatable bonds is 3. The molecule has 0 saturated carbocycles. The van der Waals surface area contributed by atoms with Gasteiger partial charge in [-0.3, -0.25) is 0 Å². The van der Waals surface area contributed by atoms with E-state index in [0.717, 1.165) is 0 Å². The minimum Gasteiger partial charge on any atom is -0.0622 e. The van der Waals surface area contributed by atoms with Crippen molar-refractivity contribution < 1.29 is 0 Å². The molecule has 0 aromatic heterocycles. The Hall–Kier alpha value is -3.64. The van der Waals surface area contributed by atoms with E-state index in [1.807, 2.05) is 0 Å². The number of fused-ring (bicyclic) bond motifs is 2. The molecule has 5 aromatic carbocycles. The average Bonchev–Trinajstić information content (AvgIpc) is 2.77. The molecular weight excluding hydrogens is 336 g/mol. The summed E-state index contributed by atoms with van der Waals surface area (Å²) >= 11 is 0. The van der Waals surface area contributed by atoms with Crippen LogP contribution in [0, 0.1) is 0 Å². The molecule has 0 aliphatic heterocycles. The van der Waals surface area contributed by atoms with Crippen LogP contribution in [0.25, 0.3) is 44.8 Å². The average molecular weight is 356 g/mol. The van der Waals surface area contributed by atoms with Crippen molar-refractivity contribution in [2.75, 3.05) is 0 Å². The number of benzene rings is 5. The van der Waals surface area contributed by atoms with Crippen molar-refractivity contribution in [3.05, 3.63) is 120 Å². The zero-order chi connectivity index (χ0) is 18.8. The van der Waals surface area contributed by atoms with E-state index < -0.39 is 0 Å². The molecule has 0 unspecified atom stereocenters. The van der Waals surface area contributed by atoms with Crippen LogP contribution in [-0.4, -0.2) is 0 Å². The van der Waals surface area contributed by atoms with E-state index in [9.17, 15) is 0 Å². The summed E-state index contributed by atoms with van der Waals surface area (Å²) in [5.41, 5.74) is 4.96. The Kier molecular flexibility index (Phi) is 4.23. The van der Waals surface area contributed by atoms with Gasteiger partial charge in [-0.25, -0.2) is 0 Å². The highest BCUT2D eigenvalue weighted by Gasteiger charge is 2.03. The summed E-state index contributed by atoms with van der Waals surface area (Å²) in [6, 6.07) is 38.9. The maximum absolute atomic E-state index is 2.29. The summed E-state index contributed by atoms with van der Waals surface area (Å²) in [4.78, 5) is 0. The molecule has 0 heteroatoms. The van der Waals surface area contributed by atoms with Gasteiger partial charge in [0.15, 0.2) is 0 Å². The van der Waals surface area contributed by atoms with E-state index >= 15 is 0 Å². The molecule has 0 bridgehead atoms. The lowest BCUT2D eigenvalue weighted by molar-refractivity contribution is 1.64. The van der Waals surface area contributed by atoms with Gasteiger partial charge in [0, 0.05) is 0 Å². The first-order valence-electron chi connectivity index (χ1n) is 9.62. The van der Waals surface area contributed by atoms with E-state index in [2.05, 4.69) is 121 Å². The molecule has 132 valence electrons. The quantitative estimate of drug-likeness (QED) is 0.289. The summed E-state index contributed by atoms with van der Waals surface area (Å²) in [6.45, 7) is 0. The third-order valence-corrected chi connectivity index (χ3v) is 5.23. The Morgan fingerprint density at radius 3 is 1.89 bits per heavy atom. The number of hydrogen-bond acceptors (Lipinski definition) is 0. The molecule has 0 nitrogen and oxygen atoms in total. The predicted molar refractivity (Wildman–Crippen MR) is 122 cm³/mol. The molecule has 5 aromatic rings. The van der Waals surface area contributed by atoms with Crippen LogP contribution in [0.1, 0.15) is 11.1 Å². The van der Waals surface area contributed by atoms with Crippen LogP contribution in [0.4, 0.5) is 0 Å². The van der Waals surface area contributed by atoms with Crippen molar-refractivity contribution >= 4 is 33.7 Å². The van der Waals surface area contributed by atoms with Gasteiger partial charge in [0.05, 0.1) is 0 Å². The first kappa shape index (κ1) is 16.5. The summed E-state index contributed by atoms with van der Waals surface area (Å²) in [5.74, 6) is 0. The second-order valence-corrected chi connectivity index (χ2v) is 7.09. The largest absolute Gasteiger partial charge is 0.0622 e. The smallest absolute Gasteiger partial charge is 0.00995 e. The summed E-state index contributed by atoms with van der Waals surface area (Å²) in [7, 11) is 0. The van der Waals surface area contributed by atoms with Crippen molar-refractivity contribution in [1.29, 1.82) is 0 Å². The summed E-state index contributed by atoms with van der Waals surface area (Å²) < 4.78 is 0. The highest BCUT2D eigenvalue weighted by atomic mass is 14.1. The fourth-order valence-corrected chi connectivity index (χ4v) is 3.77. The molecule has 0 spiro atoms. The third-order valence-electron chi connectivity index (χ3n) is 5.23. The zero-order valence-electron chi connectivity index (χ0n) is 15.5. The monoisotopic (exact) mass is 356 g/mol. The maximum atomic E-state index is 2.29. The van der Waals surface area contributed by atoms with E-state index in [1.54, 1.807) is 0 Å². The Bertz CT molecular complexity index is 1290. The first-order chi connectivity index (χ1) is 13.9. The molecule has 0 heterocycles. The lowest BCUT2D eigenvalue weighted by atomic mass is 9.96.